The Hall–Kier alpha value is -2.94. The number of carboxylic acids is 2. The number of halogens is 6. The Morgan fingerprint density at radius 1 is 1.16 bits per heavy atom. The summed E-state index contributed by atoms with van der Waals surface area (Å²) >= 11 is 12.0. The van der Waals surface area contributed by atoms with Crippen molar-refractivity contribution in [3.05, 3.63) is 63.6 Å². The van der Waals surface area contributed by atoms with E-state index in [4.69, 9.17) is 33.1 Å². The molecule has 2 heterocycles. The standard InChI is InChI=1S/C22H22Cl2FN3O2.C2HF3O2/c1-21(2,3)9-16-22(11-26,15-8-7-12(23)10-27-15)17(19(28-16)20(29)30)13-5-4-6-14(24)18(13)25;3-2(4,5)1(6)7/h4-8,10,16-17,19,28H,9H2,1-3H3,(H,29,30);(H,6,7). The van der Waals surface area contributed by atoms with E-state index in [-0.39, 0.29) is 16.0 Å². The van der Waals surface area contributed by atoms with E-state index in [0.717, 1.165) is 0 Å². The molecule has 4 atom stereocenters. The molecule has 1 aliphatic heterocycles. The van der Waals surface area contributed by atoms with E-state index >= 15 is 4.39 Å². The number of hydrogen-bond acceptors (Lipinski definition) is 5. The minimum Gasteiger partial charge on any atom is -0.480 e. The van der Waals surface area contributed by atoms with E-state index in [9.17, 15) is 28.3 Å². The van der Waals surface area contributed by atoms with Gasteiger partial charge in [-0.3, -0.25) is 15.1 Å². The molecule has 4 unspecified atom stereocenters. The highest BCUT2D eigenvalue weighted by atomic mass is 35.5. The Bertz CT molecular complexity index is 1200. The number of nitrogens with zero attached hydrogens (tertiary/aromatic N) is 2. The number of pyridine rings is 1. The molecule has 0 aliphatic carbocycles. The lowest BCUT2D eigenvalue weighted by atomic mass is 9.64. The van der Waals surface area contributed by atoms with Crippen LogP contribution in [-0.4, -0.2) is 45.4 Å². The van der Waals surface area contributed by atoms with Crippen LogP contribution >= 0.6 is 23.2 Å². The summed E-state index contributed by atoms with van der Waals surface area (Å²) in [6.07, 6.45) is -3.21. The smallest absolute Gasteiger partial charge is 0.480 e. The fourth-order valence-corrected chi connectivity index (χ4v) is 4.61. The number of rotatable bonds is 4. The van der Waals surface area contributed by atoms with Crippen molar-refractivity contribution in [2.75, 3.05) is 0 Å². The van der Waals surface area contributed by atoms with Crippen molar-refractivity contribution in [1.29, 1.82) is 5.26 Å². The molecule has 0 saturated carbocycles. The summed E-state index contributed by atoms with van der Waals surface area (Å²) in [5, 5.41) is 30.9. The van der Waals surface area contributed by atoms with Crippen LogP contribution in [0.15, 0.2) is 36.5 Å². The SMILES string of the molecule is CC(C)(C)CC1NC(C(=O)O)C(c2cccc(Cl)c2F)C1(C#N)c1ccc(Cl)cn1.O=C(O)C(F)(F)F. The molecule has 37 heavy (non-hydrogen) atoms. The van der Waals surface area contributed by atoms with Crippen LogP contribution in [0, 0.1) is 22.6 Å². The number of nitriles is 1. The highest BCUT2D eigenvalue weighted by Gasteiger charge is 2.61. The molecule has 1 aliphatic rings. The molecule has 0 amide bonds. The van der Waals surface area contributed by atoms with E-state index in [1.165, 1.54) is 18.3 Å². The van der Waals surface area contributed by atoms with Gasteiger partial charge in [0.05, 0.1) is 21.8 Å². The maximum Gasteiger partial charge on any atom is 0.490 e. The van der Waals surface area contributed by atoms with Crippen molar-refractivity contribution in [2.45, 2.75) is 56.8 Å². The molecule has 1 aromatic heterocycles. The Labute approximate surface area is 220 Å². The highest BCUT2D eigenvalue weighted by Crippen LogP contribution is 2.51. The zero-order valence-corrected chi connectivity index (χ0v) is 21.3. The predicted octanol–water partition coefficient (Wildman–Crippen LogP) is 5.57. The maximum atomic E-state index is 15.1. The molecule has 1 aromatic carbocycles. The molecule has 200 valence electrons. The van der Waals surface area contributed by atoms with Crippen LogP contribution in [0.3, 0.4) is 0 Å². The maximum absolute atomic E-state index is 15.1. The highest BCUT2D eigenvalue weighted by molar-refractivity contribution is 6.31. The first-order valence-electron chi connectivity index (χ1n) is 10.7. The number of nitrogens with one attached hydrogen (secondary N) is 1. The molecular weight excluding hydrogens is 541 g/mol. The van der Waals surface area contributed by atoms with Crippen LogP contribution in [0.5, 0.6) is 0 Å². The second-order valence-electron chi connectivity index (χ2n) is 9.57. The van der Waals surface area contributed by atoms with Crippen molar-refractivity contribution in [3.63, 3.8) is 0 Å². The van der Waals surface area contributed by atoms with Gasteiger partial charge in [0.15, 0.2) is 0 Å². The Morgan fingerprint density at radius 3 is 2.19 bits per heavy atom. The van der Waals surface area contributed by atoms with Crippen molar-refractivity contribution < 1.29 is 37.4 Å². The van der Waals surface area contributed by atoms with Crippen LogP contribution in [0.4, 0.5) is 17.6 Å². The lowest BCUT2D eigenvalue weighted by Crippen LogP contribution is -2.44. The molecule has 3 N–H and O–H groups in total. The van der Waals surface area contributed by atoms with Gasteiger partial charge in [-0.15, -0.1) is 0 Å². The quantitative estimate of drug-likeness (QED) is 0.415. The number of aromatic nitrogens is 1. The summed E-state index contributed by atoms with van der Waals surface area (Å²) in [4.78, 5) is 25.5. The number of alkyl halides is 3. The topological polar surface area (TPSA) is 123 Å². The van der Waals surface area contributed by atoms with E-state index in [0.29, 0.717) is 17.1 Å². The Morgan fingerprint density at radius 2 is 1.76 bits per heavy atom. The van der Waals surface area contributed by atoms with Crippen LogP contribution < -0.4 is 5.32 Å². The van der Waals surface area contributed by atoms with Gasteiger partial charge in [0, 0.05) is 18.2 Å². The van der Waals surface area contributed by atoms with Crippen LogP contribution in [-0.2, 0) is 15.0 Å². The molecule has 0 bridgehead atoms. The van der Waals surface area contributed by atoms with Crippen LogP contribution in [0.25, 0.3) is 0 Å². The van der Waals surface area contributed by atoms with Gasteiger partial charge < -0.3 is 10.2 Å². The Balaban J connectivity index is 0.000000604. The average Bonchev–Trinajstić information content (AvgIpc) is 3.09. The molecule has 13 heteroatoms. The summed E-state index contributed by atoms with van der Waals surface area (Å²) in [7, 11) is 0. The van der Waals surface area contributed by atoms with Crippen LogP contribution in [0.1, 0.15) is 44.4 Å². The van der Waals surface area contributed by atoms with Crippen molar-refractivity contribution in [3.8, 4) is 6.07 Å². The van der Waals surface area contributed by atoms with Crippen molar-refractivity contribution >= 4 is 35.1 Å². The molecule has 1 saturated heterocycles. The molecular formula is C24H23Cl2F4N3O4. The van der Waals surface area contributed by atoms with Gasteiger partial charge in [0.2, 0.25) is 0 Å². The van der Waals surface area contributed by atoms with Gasteiger partial charge in [0.25, 0.3) is 0 Å². The fraction of sp³-hybridized carbons (Fsp3) is 0.417. The summed E-state index contributed by atoms with van der Waals surface area (Å²) < 4.78 is 46.8. The van der Waals surface area contributed by atoms with E-state index in [2.05, 4.69) is 16.4 Å². The molecule has 1 fully saturated rings. The number of benzene rings is 1. The lowest BCUT2D eigenvalue weighted by molar-refractivity contribution is -0.192. The van der Waals surface area contributed by atoms with Gasteiger partial charge in [0.1, 0.15) is 17.3 Å². The van der Waals surface area contributed by atoms with E-state index in [1.807, 2.05) is 20.8 Å². The third-order valence-electron chi connectivity index (χ3n) is 5.73. The monoisotopic (exact) mass is 563 g/mol. The van der Waals surface area contributed by atoms with E-state index in [1.54, 1.807) is 18.2 Å². The second kappa shape index (κ2) is 11.2. The first-order chi connectivity index (χ1) is 17.0. The average molecular weight is 564 g/mol. The van der Waals surface area contributed by atoms with Gasteiger partial charge in [-0.05, 0) is 35.6 Å². The molecule has 3 rings (SSSR count). The number of hydrogen-bond donors (Lipinski definition) is 3. The van der Waals surface area contributed by atoms with Gasteiger partial charge in [-0.1, -0.05) is 56.1 Å². The van der Waals surface area contributed by atoms with Gasteiger partial charge in [-0.25, -0.2) is 9.18 Å². The van der Waals surface area contributed by atoms with Crippen LogP contribution in [0.2, 0.25) is 10.0 Å². The molecule has 2 aromatic rings. The third-order valence-corrected chi connectivity index (χ3v) is 6.25. The second-order valence-corrected chi connectivity index (χ2v) is 10.4. The van der Waals surface area contributed by atoms with Gasteiger partial charge >= 0.3 is 18.1 Å². The first-order valence-corrected chi connectivity index (χ1v) is 11.5. The number of carboxylic acid groups (broad SMARTS) is 2. The summed E-state index contributed by atoms with van der Waals surface area (Å²) in [5.74, 6) is -5.72. The normalized spacial score (nSPS) is 23.5. The third kappa shape index (κ3) is 6.69. The van der Waals surface area contributed by atoms with Gasteiger partial charge in [-0.2, -0.15) is 18.4 Å². The predicted molar refractivity (Wildman–Crippen MR) is 127 cm³/mol. The minimum atomic E-state index is -5.08. The molecule has 0 radical (unpaired) electrons. The molecule has 0 spiro atoms. The minimum absolute atomic E-state index is 0.0668. The number of aliphatic carboxylic acids is 2. The lowest BCUT2D eigenvalue weighted by Gasteiger charge is -2.36. The zero-order valence-electron chi connectivity index (χ0n) is 19.8. The first kappa shape index (κ1) is 30.3. The number of carbonyl (C=O) groups is 2. The Kier molecular flexibility index (Phi) is 9.17. The fourth-order valence-electron chi connectivity index (χ4n) is 4.32. The summed E-state index contributed by atoms with van der Waals surface area (Å²) in [5.41, 5.74) is -1.29. The van der Waals surface area contributed by atoms with Crippen molar-refractivity contribution in [2.24, 2.45) is 5.41 Å². The summed E-state index contributed by atoms with van der Waals surface area (Å²) in [6, 6.07) is 8.13. The summed E-state index contributed by atoms with van der Waals surface area (Å²) in [6.45, 7) is 5.99. The molecule has 7 nitrogen and oxygen atoms in total. The largest absolute Gasteiger partial charge is 0.490 e. The van der Waals surface area contributed by atoms with E-state index < -0.39 is 47.3 Å². The zero-order chi connectivity index (χ0) is 28.3. The van der Waals surface area contributed by atoms with Crippen molar-refractivity contribution in [1.82, 2.24) is 10.3 Å².